The summed E-state index contributed by atoms with van der Waals surface area (Å²) in [5.74, 6) is -4.56. The highest BCUT2D eigenvalue weighted by molar-refractivity contribution is 6.37. The van der Waals surface area contributed by atoms with Gasteiger partial charge in [0.1, 0.15) is 0 Å². The summed E-state index contributed by atoms with van der Waals surface area (Å²) in [5, 5.41) is 0.456. The smallest absolute Gasteiger partial charge is 0.241 e. The Morgan fingerprint density at radius 2 is 1.38 bits per heavy atom. The molecule has 3 aliphatic rings. The van der Waals surface area contributed by atoms with Crippen molar-refractivity contribution in [2.45, 2.75) is 18.6 Å². The van der Waals surface area contributed by atoms with Gasteiger partial charge in [-0.25, -0.2) is 4.90 Å². The molecule has 0 bridgehead atoms. The van der Waals surface area contributed by atoms with E-state index < -0.39 is 46.9 Å². The van der Waals surface area contributed by atoms with Crippen molar-refractivity contribution >= 4 is 40.7 Å². The number of rotatable bonds is 2. The van der Waals surface area contributed by atoms with Gasteiger partial charge in [0.2, 0.25) is 29.0 Å². The first kappa shape index (κ1) is 21.0. The molecule has 2 saturated heterocycles. The predicted molar refractivity (Wildman–Crippen MR) is 124 cm³/mol. The first-order chi connectivity index (χ1) is 16.3. The first-order valence-electron chi connectivity index (χ1n) is 10.9. The standard InChI is InChI=1S/C27H18ClNO5/c1-14-6-8-15(9-7-14)22-20-21(26(33)29(25(20)32)17-12-10-16(28)11-13-17)27(34-22)23(30)18-4-2-3-5-19(18)24(27)31/h2-13,20-22H,1H3/t20-,21+,22-/m0/s1. The van der Waals surface area contributed by atoms with E-state index in [4.69, 9.17) is 16.3 Å². The lowest BCUT2D eigenvalue weighted by atomic mass is 9.77. The molecule has 2 aliphatic heterocycles. The van der Waals surface area contributed by atoms with Crippen LogP contribution in [-0.4, -0.2) is 29.0 Å². The molecule has 34 heavy (non-hydrogen) atoms. The molecule has 7 heteroatoms. The van der Waals surface area contributed by atoms with E-state index in [1.807, 2.05) is 19.1 Å². The number of imide groups is 1. The molecule has 2 fully saturated rings. The Bertz CT molecular complexity index is 1360. The van der Waals surface area contributed by atoms with E-state index in [1.54, 1.807) is 60.7 Å². The van der Waals surface area contributed by atoms with E-state index in [0.29, 0.717) is 16.3 Å². The van der Waals surface area contributed by atoms with Gasteiger partial charge in [0.15, 0.2) is 0 Å². The molecule has 1 spiro atoms. The van der Waals surface area contributed by atoms with Gasteiger partial charge in [-0.1, -0.05) is 65.7 Å². The van der Waals surface area contributed by atoms with E-state index in [1.165, 1.54) is 0 Å². The minimum atomic E-state index is -2.07. The number of ether oxygens (including phenoxy) is 1. The van der Waals surface area contributed by atoms with E-state index in [2.05, 4.69) is 0 Å². The Morgan fingerprint density at radius 1 is 0.794 bits per heavy atom. The monoisotopic (exact) mass is 471 g/mol. The van der Waals surface area contributed by atoms with Gasteiger partial charge in [0, 0.05) is 16.1 Å². The maximum Gasteiger partial charge on any atom is 0.241 e. The van der Waals surface area contributed by atoms with Crippen LogP contribution in [0.3, 0.4) is 0 Å². The number of fused-ring (bicyclic) bond motifs is 3. The number of aryl methyl sites for hydroxylation is 1. The van der Waals surface area contributed by atoms with Crippen LogP contribution < -0.4 is 4.90 Å². The minimum absolute atomic E-state index is 0.209. The lowest BCUT2D eigenvalue weighted by Crippen LogP contribution is -2.51. The average Bonchev–Trinajstić information content (AvgIpc) is 3.40. The molecule has 3 atom stereocenters. The van der Waals surface area contributed by atoms with Gasteiger partial charge in [0.05, 0.1) is 23.6 Å². The number of hydrogen-bond acceptors (Lipinski definition) is 5. The van der Waals surface area contributed by atoms with Crippen LogP contribution in [0.1, 0.15) is 37.9 Å². The highest BCUT2D eigenvalue weighted by atomic mass is 35.5. The molecule has 6 rings (SSSR count). The second kappa shape index (κ2) is 7.19. The SMILES string of the molecule is Cc1ccc([C@@H]2OC3(C(=O)c4ccccc4C3=O)[C@H]3C(=O)N(c4ccc(Cl)cc4)C(=O)[C@H]23)cc1. The van der Waals surface area contributed by atoms with Gasteiger partial charge >= 0.3 is 0 Å². The largest absolute Gasteiger partial charge is 0.349 e. The Labute approximate surface area is 200 Å². The number of amides is 2. The molecule has 2 heterocycles. The lowest BCUT2D eigenvalue weighted by molar-refractivity contribution is -0.127. The van der Waals surface area contributed by atoms with Gasteiger partial charge in [-0.2, -0.15) is 0 Å². The first-order valence-corrected chi connectivity index (χ1v) is 11.3. The maximum absolute atomic E-state index is 13.8. The number of benzene rings is 3. The molecule has 3 aromatic rings. The maximum atomic E-state index is 13.8. The number of carbonyl (C=O) groups is 4. The molecule has 1 aliphatic carbocycles. The quantitative estimate of drug-likeness (QED) is 0.410. The number of nitrogens with zero attached hydrogens (tertiary/aromatic N) is 1. The molecule has 3 aromatic carbocycles. The number of anilines is 1. The van der Waals surface area contributed by atoms with Crippen molar-refractivity contribution in [1.29, 1.82) is 0 Å². The van der Waals surface area contributed by atoms with Gasteiger partial charge in [-0.05, 0) is 36.8 Å². The van der Waals surface area contributed by atoms with Crippen molar-refractivity contribution in [1.82, 2.24) is 0 Å². The third-order valence-electron chi connectivity index (χ3n) is 7.01. The predicted octanol–water partition coefficient (Wildman–Crippen LogP) is 4.34. The zero-order valence-electron chi connectivity index (χ0n) is 18.0. The molecule has 0 N–H and O–H groups in total. The summed E-state index contributed by atoms with van der Waals surface area (Å²) in [7, 11) is 0. The van der Waals surface area contributed by atoms with Crippen molar-refractivity contribution < 1.29 is 23.9 Å². The Balaban J connectivity index is 1.54. The third kappa shape index (κ3) is 2.61. The van der Waals surface area contributed by atoms with Crippen molar-refractivity contribution in [3.8, 4) is 0 Å². The van der Waals surface area contributed by atoms with Crippen LogP contribution in [0, 0.1) is 18.8 Å². The van der Waals surface area contributed by atoms with Gasteiger partial charge in [0.25, 0.3) is 0 Å². The number of hydrogen-bond donors (Lipinski definition) is 0. The Morgan fingerprint density at radius 3 is 1.97 bits per heavy atom. The lowest BCUT2D eigenvalue weighted by Gasteiger charge is -2.27. The van der Waals surface area contributed by atoms with Crippen LogP contribution >= 0.6 is 11.6 Å². The molecule has 6 nitrogen and oxygen atoms in total. The van der Waals surface area contributed by atoms with Crippen LogP contribution in [0.4, 0.5) is 5.69 Å². The highest BCUT2D eigenvalue weighted by Crippen LogP contribution is 2.57. The minimum Gasteiger partial charge on any atom is -0.349 e. The van der Waals surface area contributed by atoms with E-state index in [-0.39, 0.29) is 11.1 Å². The highest BCUT2D eigenvalue weighted by Gasteiger charge is 2.74. The Kier molecular flexibility index (Phi) is 4.43. The van der Waals surface area contributed by atoms with Crippen LogP contribution in [0.15, 0.2) is 72.8 Å². The van der Waals surface area contributed by atoms with Crippen LogP contribution in [0.5, 0.6) is 0 Å². The summed E-state index contributed by atoms with van der Waals surface area (Å²) in [6.45, 7) is 1.93. The zero-order chi connectivity index (χ0) is 23.8. The molecule has 0 radical (unpaired) electrons. The van der Waals surface area contributed by atoms with E-state index in [9.17, 15) is 19.2 Å². The third-order valence-corrected chi connectivity index (χ3v) is 7.26. The topological polar surface area (TPSA) is 80.8 Å². The van der Waals surface area contributed by atoms with Gasteiger partial charge in [-0.15, -0.1) is 0 Å². The van der Waals surface area contributed by atoms with Gasteiger partial charge in [-0.3, -0.25) is 19.2 Å². The summed E-state index contributed by atoms with van der Waals surface area (Å²) in [4.78, 5) is 56.0. The molecule has 0 aromatic heterocycles. The molecular weight excluding hydrogens is 454 g/mol. The normalized spacial score (nSPS) is 24.8. The summed E-state index contributed by atoms with van der Waals surface area (Å²) in [6, 6.07) is 20.1. The fourth-order valence-electron chi connectivity index (χ4n) is 5.42. The number of halogens is 1. The summed E-state index contributed by atoms with van der Waals surface area (Å²) in [5.41, 5.74) is 0.319. The fourth-order valence-corrected chi connectivity index (χ4v) is 5.54. The fraction of sp³-hybridized carbons (Fsp3) is 0.185. The van der Waals surface area contributed by atoms with Crippen molar-refractivity contribution in [3.63, 3.8) is 0 Å². The number of ketones is 2. The number of carbonyl (C=O) groups excluding carboxylic acids is 4. The van der Waals surface area contributed by atoms with E-state index in [0.717, 1.165) is 10.5 Å². The second-order valence-corrected chi connectivity index (χ2v) is 9.32. The van der Waals surface area contributed by atoms with Gasteiger partial charge < -0.3 is 4.74 Å². The molecule has 2 amide bonds. The summed E-state index contributed by atoms with van der Waals surface area (Å²) in [6.07, 6.45) is -0.929. The van der Waals surface area contributed by atoms with Crippen molar-refractivity contribution in [3.05, 3.63) is 100 Å². The zero-order valence-corrected chi connectivity index (χ0v) is 18.8. The van der Waals surface area contributed by atoms with Crippen molar-refractivity contribution in [2.24, 2.45) is 11.8 Å². The van der Waals surface area contributed by atoms with Crippen LogP contribution in [-0.2, 0) is 14.3 Å². The second-order valence-electron chi connectivity index (χ2n) is 8.88. The van der Waals surface area contributed by atoms with E-state index >= 15 is 0 Å². The van der Waals surface area contributed by atoms with Crippen LogP contribution in [0.2, 0.25) is 5.02 Å². The average molecular weight is 472 g/mol. The van der Waals surface area contributed by atoms with Crippen LogP contribution in [0.25, 0.3) is 0 Å². The number of Topliss-reactive ketones (excluding diaryl/α,β-unsaturated/α-hetero) is 2. The summed E-state index contributed by atoms with van der Waals surface area (Å²) < 4.78 is 6.27. The summed E-state index contributed by atoms with van der Waals surface area (Å²) >= 11 is 5.99. The molecule has 0 saturated carbocycles. The molecule has 168 valence electrons. The molecule has 0 unspecified atom stereocenters. The van der Waals surface area contributed by atoms with Crippen molar-refractivity contribution in [2.75, 3.05) is 4.90 Å². The Hall–Kier alpha value is -3.61. The molecular formula is C27H18ClNO5.